The van der Waals surface area contributed by atoms with Crippen molar-refractivity contribution in [2.75, 3.05) is 20.7 Å². The molecule has 3 heterocycles. The lowest BCUT2D eigenvalue weighted by Gasteiger charge is -2.30. The van der Waals surface area contributed by atoms with Crippen molar-refractivity contribution in [2.24, 2.45) is 0 Å². The van der Waals surface area contributed by atoms with Crippen LogP contribution in [0.5, 0.6) is 5.75 Å². The average molecular weight is 246 g/mol. The molecule has 96 valence electrons. The minimum absolute atomic E-state index is 0.352. The number of nitrogens with zero attached hydrogens (tertiary/aromatic N) is 4. The summed E-state index contributed by atoms with van der Waals surface area (Å²) in [4.78, 5) is 6.97. The number of ether oxygens (including phenoxy) is 1. The van der Waals surface area contributed by atoms with Gasteiger partial charge in [-0.2, -0.15) is 0 Å². The van der Waals surface area contributed by atoms with E-state index in [1.54, 1.807) is 7.11 Å². The first-order valence-electron chi connectivity index (χ1n) is 6.38. The molecule has 0 radical (unpaired) electrons. The Kier molecular flexibility index (Phi) is 2.91. The SMILES string of the molecule is COc1ccn2nc(C3CCCCN3C)nc2c1. The first kappa shape index (κ1) is 11.5. The fourth-order valence-electron chi connectivity index (χ4n) is 2.55. The van der Waals surface area contributed by atoms with Gasteiger partial charge in [0.05, 0.1) is 13.2 Å². The van der Waals surface area contributed by atoms with Gasteiger partial charge in [0.1, 0.15) is 5.75 Å². The third-order valence-corrected chi connectivity index (χ3v) is 3.63. The van der Waals surface area contributed by atoms with E-state index in [4.69, 9.17) is 4.74 Å². The Morgan fingerprint density at radius 1 is 1.39 bits per heavy atom. The Morgan fingerprint density at radius 2 is 2.28 bits per heavy atom. The molecule has 0 bridgehead atoms. The summed E-state index contributed by atoms with van der Waals surface area (Å²) in [6.07, 6.45) is 5.57. The molecular formula is C13H18N4O. The molecule has 3 rings (SSSR count). The van der Waals surface area contributed by atoms with Crippen molar-refractivity contribution in [1.29, 1.82) is 0 Å². The monoisotopic (exact) mass is 246 g/mol. The van der Waals surface area contributed by atoms with Gasteiger partial charge in [0.15, 0.2) is 11.5 Å². The van der Waals surface area contributed by atoms with E-state index in [1.807, 2.05) is 22.8 Å². The molecule has 0 spiro atoms. The van der Waals surface area contributed by atoms with Crippen molar-refractivity contribution in [3.63, 3.8) is 0 Å². The second kappa shape index (κ2) is 4.57. The fourth-order valence-corrected chi connectivity index (χ4v) is 2.55. The van der Waals surface area contributed by atoms with E-state index < -0.39 is 0 Å². The van der Waals surface area contributed by atoms with Crippen LogP contribution in [-0.4, -0.2) is 40.2 Å². The quantitative estimate of drug-likeness (QED) is 0.811. The average Bonchev–Trinajstić information content (AvgIpc) is 2.81. The Balaban J connectivity index is 1.97. The highest BCUT2D eigenvalue weighted by molar-refractivity contribution is 5.43. The van der Waals surface area contributed by atoms with Gasteiger partial charge in [-0.25, -0.2) is 9.50 Å². The molecule has 5 nitrogen and oxygen atoms in total. The number of methoxy groups -OCH3 is 1. The number of piperidine rings is 1. The molecule has 1 fully saturated rings. The van der Waals surface area contributed by atoms with Crippen molar-refractivity contribution in [2.45, 2.75) is 25.3 Å². The summed E-state index contributed by atoms with van der Waals surface area (Å²) >= 11 is 0. The number of likely N-dealkylation sites (tertiary alicyclic amines) is 1. The third-order valence-electron chi connectivity index (χ3n) is 3.63. The highest BCUT2D eigenvalue weighted by Gasteiger charge is 2.24. The number of aromatic nitrogens is 3. The zero-order valence-corrected chi connectivity index (χ0v) is 10.8. The molecule has 0 amide bonds. The minimum Gasteiger partial charge on any atom is -0.497 e. The Bertz CT molecular complexity index is 551. The van der Waals surface area contributed by atoms with Gasteiger partial charge in [-0.3, -0.25) is 4.90 Å². The topological polar surface area (TPSA) is 42.7 Å². The van der Waals surface area contributed by atoms with E-state index in [9.17, 15) is 0 Å². The summed E-state index contributed by atoms with van der Waals surface area (Å²) in [6, 6.07) is 4.17. The Morgan fingerprint density at radius 3 is 3.06 bits per heavy atom. The maximum atomic E-state index is 5.21. The zero-order chi connectivity index (χ0) is 12.5. The molecule has 1 unspecified atom stereocenters. The highest BCUT2D eigenvalue weighted by Crippen LogP contribution is 2.27. The van der Waals surface area contributed by atoms with Crippen LogP contribution in [0.3, 0.4) is 0 Å². The zero-order valence-electron chi connectivity index (χ0n) is 10.8. The van der Waals surface area contributed by atoms with Gasteiger partial charge in [0.25, 0.3) is 0 Å². The molecule has 1 aliphatic rings. The maximum absolute atomic E-state index is 5.21. The summed E-state index contributed by atoms with van der Waals surface area (Å²) in [5, 5.41) is 4.57. The number of hydrogen-bond acceptors (Lipinski definition) is 4. The van der Waals surface area contributed by atoms with Gasteiger partial charge in [-0.15, -0.1) is 5.10 Å². The first-order valence-corrected chi connectivity index (χ1v) is 6.38. The normalized spacial score (nSPS) is 21.3. The van der Waals surface area contributed by atoms with Crippen LogP contribution in [0.25, 0.3) is 5.65 Å². The number of hydrogen-bond donors (Lipinski definition) is 0. The molecule has 2 aromatic rings. The molecule has 5 heteroatoms. The first-order chi connectivity index (χ1) is 8.78. The number of pyridine rings is 1. The van der Waals surface area contributed by atoms with E-state index in [2.05, 4.69) is 22.0 Å². The predicted octanol–water partition coefficient (Wildman–Crippen LogP) is 1.89. The van der Waals surface area contributed by atoms with E-state index in [1.165, 1.54) is 12.8 Å². The molecule has 0 aliphatic carbocycles. The van der Waals surface area contributed by atoms with Gasteiger partial charge < -0.3 is 4.74 Å². The van der Waals surface area contributed by atoms with Crippen LogP contribution in [0.2, 0.25) is 0 Å². The van der Waals surface area contributed by atoms with Crippen LogP contribution in [0.15, 0.2) is 18.3 Å². The second-order valence-corrected chi connectivity index (χ2v) is 4.83. The van der Waals surface area contributed by atoms with Crippen LogP contribution < -0.4 is 4.74 Å². The van der Waals surface area contributed by atoms with Crippen LogP contribution in [0.4, 0.5) is 0 Å². The fraction of sp³-hybridized carbons (Fsp3) is 0.538. The van der Waals surface area contributed by atoms with Crippen molar-refractivity contribution in [1.82, 2.24) is 19.5 Å². The highest BCUT2D eigenvalue weighted by atomic mass is 16.5. The molecule has 0 N–H and O–H groups in total. The summed E-state index contributed by atoms with van der Waals surface area (Å²) < 4.78 is 7.03. The lowest BCUT2D eigenvalue weighted by Crippen LogP contribution is -2.30. The molecule has 2 aromatic heterocycles. The Labute approximate surface area is 106 Å². The molecular weight excluding hydrogens is 228 g/mol. The van der Waals surface area contributed by atoms with Crippen molar-refractivity contribution in [3.05, 3.63) is 24.2 Å². The number of rotatable bonds is 2. The Hall–Kier alpha value is -1.62. The van der Waals surface area contributed by atoms with E-state index in [0.29, 0.717) is 6.04 Å². The third kappa shape index (κ3) is 1.95. The van der Waals surface area contributed by atoms with Gasteiger partial charge in [0, 0.05) is 12.3 Å². The van der Waals surface area contributed by atoms with E-state index >= 15 is 0 Å². The van der Waals surface area contributed by atoms with Gasteiger partial charge >= 0.3 is 0 Å². The van der Waals surface area contributed by atoms with Crippen molar-refractivity contribution < 1.29 is 4.74 Å². The lowest BCUT2D eigenvalue weighted by atomic mass is 10.0. The van der Waals surface area contributed by atoms with Crippen molar-refractivity contribution >= 4 is 5.65 Å². The number of fused-ring (bicyclic) bond motifs is 1. The molecule has 1 saturated heterocycles. The molecule has 18 heavy (non-hydrogen) atoms. The summed E-state index contributed by atoms with van der Waals surface area (Å²) in [7, 11) is 3.81. The minimum atomic E-state index is 0.352. The molecule has 1 aliphatic heterocycles. The van der Waals surface area contributed by atoms with Crippen LogP contribution in [-0.2, 0) is 0 Å². The predicted molar refractivity (Wildman–Crippen MR) is 68.8 cm³/mol. The van der Waals surface area contributed by atoms with Gasteiger partial charge in [-0.1, -0.05) is 6.42 Å². The van der Waals surface area contributed by atoms with Crippen LogP contribution in [0, 0.1) is 0 Å². The summed E-state index contributed by atoms with van der Waals surface area (Å²) in [6.45, 7) is 1.13. The van der Waals surface area contributed by atoms with E-state index in [-0.39, 0.29) is 0 Å². The lowest BCUT2D eigenvalue weighted by molar-refractivity contribution is 0.179. The van der Waals surface area contributed by atoms with Gasteiger partial charge in [0.2, 0.25) is 0 Å². The standard InChI is InChI=1S/C13H18N4O/c1-16-7-4-3-5-11(16)13-14-12-9-10(18-2)6-8-17(12)15-13/h6,8-9,11H,3-5,7H2,1-2H3. The maximum Gasteiger partial charge on any atom is 0.168 e. The van der Waals surface area contributed by atoms with Crippen LogP contribution in [0.1, 0.15) is 31.1 Å². The second-order valence-electron chi connectivity index (χ2n) is 4.83. The molecule has 0 saturated carbocycles. The van der Waals surface area contributed by atoms with Crippen molar-refractivity contribution in [3.8, 4) is 5.75 Å². The largest absolute Gasteiger partial charge is 0.497 e. The van der Waals surface area contributed by atoms with Crippen LogP contribution >= 0.6 is 0 Å². The van der Waals surface area contributed by atoms with Gasteiger partial charge in [-0.05, 0) is 32.5 Å². The summed E-state index contributed by atoms with van der Waals surface area (Å²) in [5.41, 5.74) is 0.850. The smallest absolute Gasteiger partial charge is 0.168 e. The molecule has 0 aromatic carbocycles. The molecule has 1 atom stereocenters. The van der Waals surface area contributed by atoms with E-state index in [0.717, 1.165) is 30.2 Å². The summed E-state index contributed by atoms with van der Waals surface area (Å²) in [5.74, 6) is 1.74.